The third-order valence-corrected chi connectivity index (χ3v) is 7.36. The van der Waals surface area contributed by atoms with Gasteiger partial charge in [-0.3, -0.25) is 14.5 Å². The second-order valence-corrected chi connectivity index (χ2v) is 9.44. The SMILES string of the molecule is O=C(N[C@@H]1CCn2nc(-c3cc(C4CC4)ncc3F)cc21)C12CC(C(F)(F)F)(C1)C2. The third-order valence-electron chi connectivity index (χ3n) is 7.36. The van der Waals surface area contributed by atoms with Crippen LogP contribution in [0.4, 0.5) is 17.6 Å². The minimum Gasteiger partial charge on any atom is -0.347 e. The summed E-state index contributed by atoms with van der Waals surface area (Å²) in [5.41, 5.74) is -0.00100. The van der Waals surface area contributed by atoms with Gasteiger partial charge in [-0.25, -0.2) is 4.39 Å². The van der Waals surface area contributed by atoms with Crippen molar-refractivity contribution in [3.8, 4) is 11.3 Å². The minimum atomic E-state index is -4.23. The second-order valence-electron chi connectivity index (χ2n) is 9.44. The van der Waals surface area contributed by atoms with Crippen LogP contribution in [0.25, 0.3) is 11.3 Å². The molecule has 4 fully saturated rings. The van der Waals surface area contributed by atoms with Crippen molar-refractivity contribution in [2.24, 2.45) is 10.8 Å². The van der Waals surface area contributed by atoms with Crippen molar-refractivity contribution in [1.29, 1.82) is 0 Å². The molecule has 1 N–H and O–H groups in total. The van der Waals surface area contributed by atoms with Crippen molar-refractivity contribution in [1.82, 2.24) is 20.1 Å². The summed E-state index contributed by atoms with van der Waals surface area (Å²) in [6.07, 6.45) is -0.598. The molecule has 5 nitrogen and oxygen atoms in total. The van der Waals surface area contributed by atoms with Crippen LogP contribution in [0.1, 0.15) is 61.9 Å². The second kappa shape index (κ2) is 5.62. The molecule has 2 bridgehead atoms. The lowest BCUT2D eigenvalue weighted by molar-refractivity contribution is -0.351. The Kier molecular flexibility index (Phi) is 3.43. The monoisotopic (exact) mass is 420 g/mol. The number of alkyl halides is 3. The van der Waals surface area contributed by atoms with E-state index in [1.807, 2.05) is 0 Å². The first-order valence-electron chi connectivity index (χ1n) is 10.3. The number of nitrogens with zero attached hydrogens (tertiary/aromatic N) is 3. The fraction of sp³-hybridized carbons (Fsp3) is 0.571. The van der Waals surface area contributed by atoms with Crippen LogP contribution < -0.4 is 5.32 Å². The van der Waals surface area contributed by atoms with Crippen molar-refractivity contribution >= 4 is 5.91 Å². The number of carbonyl (C=O) groups is 1. The van der Waals surface area contributed by atoms with E-state index >= 15 is 0 Å². The van der Waals surface area contributed by atoms with Crippen molar-refractivity contribution in [3.05, 3.63) is 35.5 Å². The van der Waals surface area contributed by atoms with Gasteiger partial charge in [0.2, 0.25) is 5.91 Å². The standard InChI is InChI=1S/C21H20F4N4O/c22-13-7-26-15(11-1-2-11)5-12(13)16-6-17-14(3-4-29(17)28-16)27-18(30)19-8-20(9-19,10-19)21(23,24)25/h5-7,11,14H,1-4,8-10H2,(H,27,30)/t14-,19?,20?/m1/s1. The van der Waals surface area contributed by atoms with E-state index in [2.05, 4.69) is 15.4 Å². The summed E-state index contributed by atoms with van der Waals surface area (Å²) in [7, 11) is 0. The van der Waals surface area contributed by atoms with E-state index in [1.165, 1.54) is 6.20 Å². The number of amides is 1. The molecule has 1 amide bonds. The van der Waals surface area contributed by atoms with Crippen LogP contribution in [0, 0.1) is 16.6 Å². The largest absolute Gasteiger partial charge is 0.394 e. The summed E-state index contributed by atoms with van der Waals surface area (Å²) in [6, 6.07) is 3.20. The Morgan fingerprint density at radius 3 is 2.57 bits per heavy atom. The summed E-state index contributed by atoms with van der Waals surface area (Å²) in [5, 5.41) is 7.43. The van der Waals surface area contributed by atoms with Crippen molar-refractivity contribution < 1.29 is 22.4 Å². The summed E-state index contributed by atoms with van der Waals surface area (Å²) >= 11 is 0. The highest BCUT2D eigenvalue weighted by Crippen LogP contribution is 2.78. The molecular weight excluding hydrogens is 400 g/mol. The number of hydrogen-bond acceptors (Lipinski definition) is 3. The van der Waals surface area contributed by atoms with E-state index < -0.39 is 22.8 Å². The van der Waals surface area contributed by atoms with Gasteiger partial charge in [0, 0.05) is 23.7 Å². The lowest BCUT2D eigenvalue weighted by Crippen LogP contribution is -2.72. The Bertz CT molecular complexity index is 1050. The molecule has 9 heteroatoms. The number of nitrogens with one attached hydrogen (secondary N) is 1. The normalized spacial score (nSPS) is 31.7. The van der Waals surface area contributed by atoms with Crippen LogP contribution in [0.15, 0.2) is 18.3 Å². The number of pyridine rings is 1. The van der Waals surface area contributed by atoms with Gasteiger partial charge in [-0.15, -0.1) is 0 Å². The Hall–Kier alpha value is -2.45. The summed E-state index contributed by atoms with van der Waals surface area (Å²) < 4.78 is 55.3. The van der Waals surface area contributed by atoms with Gasteiger partial charge in [-0.05, 0) is 50.7 Å². The first-order chi connectivity index (χ1) is 14.2. The molecule has 7 rings (SSSR count). The van der Waals surface area contributed by atoms with E-state index in [0.29, 0.717) is 30.1 Å². The van der Waals surface area contributed by atoms with Gasteiger partial charge >= 0.3 is 6.18 Å². The van der Waals surface area contributed by atoms with Crippen LogP contribution in [0.3, 0.4) is 0 Å². The average Bonchev–Trinajstić information content (AvgIpc) is 3.25. The van der Waals surface area contributed by atoms with Crippen molar-refractivity contribution in [3.63, 3.8) is 0 Å². The quantitative estimate of drug-likeness (QED) is 0.753. The molecule has 3 heterocycles. The highest BCUT2D eigenvalue weighted by atomic mass is 19.4. The number of carbonyl (C=O) groups excluding carboxylic acids is 1. The Morgan fingerprint density at radius 2 is 1.90 bits per heavy atom. The molecule has 4 saturated carbocycles. The first kappa shape index (κ1) is 18.3. The molecule has 1 atom stereocenters. The van der Waals surface area contributed by atoms with E-state index in [0.717, 1.165) is 24.2 Å². The molecule has 0 unspecified atom stereocenters. The highest BCUT2D eigenvalue weighted by molar-refractivity contribution is 5.87. The molecule has 0 spiro atoms. The topological polar surface area (TPSA) is 59.8 Å². The number of fused-ring (bicyclic) bond motifs is 1. The van der Waals surface area contributed by atoms with E-state index in [-0.39, 0.29) is 31.2 Å². The van der Waals surface area contributed by atoms with Gasteiger partial charge in [0.05, 0.1) is 34.5 Å². The Labute approximate surface area is 169 Å². The fourth-order valence-electron chi connectivity index (χ4n) is 5.46. The predicted molar refractivity (Wildman–Crippen MR) is 97.7 cm³/mol. The molecule has 0 saturated heterocycles. The maximum absolute atomic E-state index is 14.4. The minimum absolute atomic E-state index is 0.112. The zero-order chi connectivity index (χ0) is 20.9. The van der Waals surface area contributed by atoms with Crippen LogP contribution in [-0.4, -0.2) is 26.8 Å². The fourth-order valence-corrected chi connectivity index (χ4v) is 5.46. The van der Waals surface area contributed by atoms with Gasteiger partial charge in [0.25, 0.3) is 0 Å². The first-order valence-corrected chi connectivity index (χ1v) is 10.3. The molecule has 2 aromatic heterocycles. The summed E-state index contributed by atoms with van der Waals surface area (Å²) in [5.74, 6) is -0.358. The predicted octanol–water partition coefficient (Wildman–Crippen LogP) is 4.26. The lowest BCUT2D eigenvalue weighted by Gasteiger charge is -2.69. The van der Waals surface area contributed by atoms with Crippen LogP contribution >= 0.6 is 0 Å². The van der Waals surface area contributed by atoms with Crippen LogP contribution in [0.2, 0.25) is 0 Å². The molecular formula is C21H20F4N4O. The van der Waals surface area contributed by atoms with E-state index in [1.54, 1.807) is 16.8 Å². The Balaban J connectivity index is 1.20. The summed E-state index contributed by atoms with van der Waals surface area (Å²) in [4.78, 5) is 16.9. The maximum atomic E-state index is 14.4. The molecule has 4 aliphatic carbocycles. The molecule has 0 aromatic carbocycles. The zero-order valence-electron chi connectivity index (χ0n) is 16.1. The average molecular weight is 420 g/mol. The third kappa shape index (κ3) is 2.43. The van der Waals surface area contributed by atoms with Crippen molar-refractivity contribution in [2.75, 3.05) is 0 Å². The van der Waals surface area contributed by atoms with Gasteiger partial charge < -0.3 is 5.32 Å². The van der Waals surface area contributed by atoms with Crippen LogP contribution in [0.5, 0.6) is 0 Å². The molecule has 2 aromatic rings. The molecule has 158 valence electrons. The van der Waals surface area contributed by atoms with E-state index in [4.69, 9.17) is 0 Å². The highest BCUT2D eigenvalue weighted by Gasteiger charge is 2.80. The molecule has 30 heavy (non-hydrogen) atoms. The summed E-state index contributed by atoms with van der Waals surface area (Å²) in [6.45, 7) is 0.571. The number of halogens is 4. The molecule has 0 radical (unpaired) electrons. The van der Waals surface area contributed by atoms with E-state index in [9.17, 15) is 22.4 Å². The van der Waals surface area contributed by atoms with Gasteiger partial charge in [0.1, 0.15) is 0 Å². The van der Waals surface area contributed by atoms with Crippen molar-refractivity contribution in [2.45, 2.75) is 63.2 Å². The Morgan fingerprint density at radius 1 is 1.17 bits per heavy atom. The number of hydrogen-bond donors (Lipinski definition) is 1. The van der Waals surface area contributed by atoms with Gasteiger partial charge in [0.15, 0.2) is 5.82 Å². The number of rotatable bonds is 4. The lowest BCUT2D eigenvalue weighted by atomic mass is 9.34. The number of aromatic nitrogens is 3. The molecule has 5 aliphatic rings. The van der Waals surface area contributed by atoms with Crippen LogP contribution in [-0.2, 0) is 11.3 Å². The van der Waals surface area contributed by atoms with Gasteiger partial charge in [-0.1, -0.05) is 0 Å². The number of aryl methyl sites for hydroxylation is 1. The van der Waals surface area contributed by atoms with Gasteiger partial charge in [-0.2, -0.15) is 18.3 Å². The maximum Gasteiger partial charge on any atom is 0.394 e. The zero-order valence-corrected chi connectivity index (χ0v) is 16.1. The smallest absolute Gasteiger partial charge is 0.347 e. The molecule has 1 aliphatic heterocycles.